The number of carbonyl (C=O) groups is 1. The molecule has 0 fully saturated rings. The second-order valence-corrected chi connectivity index (χ2v) is 4.49. The van der Waals surface area contributed by atoms with Crippen LogP contribution in [0.25, 0.3) is 0 Å². The first-order valence-corrected chi connectivity index (χ1v) is 6.84. The topological polar surface area (TPSA) is 67.0 Å². The number of nitrogens with one attached hydrogen (secondary N) is 2. The van der Waals surface area contributed by atoms with Crippen LogP contribution in [-0.4, -0.2) is 22.6 Å². The molecule has 0 bridgehead atoms. The van der Waals surface area contributed by atoms with Crippen molar-refractivity contribution < 1.29 is 9.53 Å². The number of carbonyl (C=O) groups excluding carboxylic acids is 1. The third-order valence-electron chi connectivity index (χ3n) is 2.67. The standard InChI is InChI=1S/C14H16ClN3O2/c15-8-12-9-17-13(18-12)6-7-16-14(19)20-10-11-4-2-1-3-5-11/h1-5,9H,6-8,10H2,(H,16,19)(H,17,18). The number of hydrogen-bond donors (Lipinski definition) is 2. The van der Waals surface area contributed by atoms with Crippen molar-refractivity contribution in [3.8, 4) is 0 Å². The molecule has 1 aromatic carbocycles. The van der Waals surface area contributed by atoms with E-state index in [2.05, 4.69) is 15.3 Å². The lowest BCUT2D eigenvalue weighted by molar-refractivity contribution is 0.140. The predicted octanol–water partition coefficient (Wildman–Crippen LogP) is 2.62. The molecule has 0 spiro atoms. The van der Waals surface area contributed by atoms with E-state index in [1.807, 2.05) is 30.3 Å². The third-order valence-corrected chi connectivity index (χ3v) is 2.96. The second kappa shape index (κ2) is 7.55. The van der Waals surface area contributed by atoms with Crippen LogP contribution in [0.1, 0.15) is 17.1 Å². The predicted molar refractivity (Wildman–Crippen MR) is 76.5 cm³/mol. The van der Waals surface area contributed by atoms with Crippen molar-refractivity contribution >= 4 is 17.7 Å². The largest absolute Gasteiger partial charge is 0.445 e. The summed E-state index contributed by atoms with van der Waals surface area (Å²) in [4.78, 5) is 18.7. The summed E-state index contributed by atoms with van der Waals surface area (Å²) < 4.78 is 5.09. The zero-order chi connectivity index (χ0) is 14.2. The molecule has 0 atom stereocenters. The van der Waals surface area contributed by atoms with Gasteiger partial charge >= 0.3 is 6.09 Å². The van der Waals surface area contributed by atoms with Crippen molar-refractivity contribution in [1.29, 1.82) is 0 Å². The van der Waals surface area contributed by atoms with Crippen molar-refractivity contribution in [2.75, 3.05) is 6.54 Å². The van der Waals surface area contributed by atoms with Gasteiger partial charge < -0.3 is 15.0 Å². The molecule has 0 aliphatic heterocycles. The van der Waals surface area contributed by atoms with Crippen LogP contribution in [0.15, 0.2) is 36.5 Å². The zero-order valence-corrected chi connectivity index (χ0v) is 11.7. The van der Waals surface area contributed by atoms with Gasteiger partial charge in [-0.2, -0.15) is 0 Å². The molecule has 1 heterocycles. The minimum absolute atomic E-state index is 0.268. The summed E-state index contributed by atoms with van der Waals surface area (Å²) in [5.41, 5.74) is 1.83. The van der Waals surface area contributed by atoms with Crippen molar-refractivity contribution in [2.45, 2.75) is 18.9 Å². The summed E-state index contributed by atoms with van der Waals surface area (Å²) in [6, 6.07) is 9.54. The quantitative estimate of drug-likeness (QED) is 0.805. The van der Waals surface area contributed by atoms with Crippen molar-refractivity contribution in [2.24, 2.45) is 0 Å². The van der Waals surface area contributed by atoms with Gasteiger partial charge in [-0.05, 0) is 5.56 Å². The highest BCUT2D eigenvalue weighted by Gasteiger charge is 2.04. The van der Waals surface area contributed by atoms with Gasteiger partial charge in [0.05, 0.1) is 5.88 Å². The highest BCUT2D eigenvalue weighted by molar-refractivity contribution is 6.16. The van der Waals surface area contributed by atoms with E-state index in [1.165, 1.54) is 0 Å². The average molecular weight is 294 g/mol. The fraction of sp³-hybridized carbons (Fsp3) is 0.286. The van der Waals surface area contributed by atoms with Gasteiger partial charge in [-0.1, -0.05) is 30.3 Å². The van der Waals surface area contributed by atoms with E-state index in [0.717, 1.165) is 17.1 Å². The molecular weight excluding hydrogens is 278 g/mol. The Morgan fingerprint density at radius 2 is 2.15 bits per heavy atom. The van der Waals surface area contributed by atoms with Crippen LogP contribution in [0.5, 0.6) is 0 Å². The maximum Gasteiger partial charge on any atom is 0.407 e. The molecule has 0 aliphatic carbocycles. The zero-order valence-electron chi connectivity index (χ0n) is 10.9. The highest BCUT2D eigenvalue weighted by atomic mass is 35.5. The lowest BCUT2D eigenvalue weighted by Crippen LogP contribution is -2.26. The van der Waals surface area contributed by atoms with Crippen molar-refractivity contribution in [3.05, 3.63) is 53.6 Å². The van der Waals surface area contributed by atoms with Gasteiger partial charge in [-0.25, -0.2) is 9.78 Å². The van der Waals surface area contributed by atoms with Gasteiger partial charge in [-0.3, -0.25) is 0 Å². The molecular formula is C14H16ClN3O2. The van der Waals surface area contributed by atoms with Crippen LogP contribution in [0.4, 0.5) is 4.79 Å². The molecule has 106 valence electrons. The third kappa shape index (κ3) is 4.59. The monoisotopic (exact) mass is 293 g/mol. The Labute approximate surface area is 122 Å². The van der Waals surface area contributed by atoms with E-state index in [9.17, 15) is 4.79 Å². The molecule has 6 heteroatoms. The number of nitrogens with zero attached hydrogens (tertiary/aromatic N) is 1. The van der Waals surface area contributed by atoms with Crippen LogP contribution in [-0.2, 0) is 23.6 Å². The number of ether oxygens (including phenoxy) is 1. The molecule has 5 nitrogen and oxygen atoms in total. The number of amides is 1. The first-order valence-electron chi connectivity index (χ1n) is 6.31. The van der Waals surface area contributed by atoms with Gasteiger partial charge in [-0.15, -0.1) is 11.6 Å². The van der Waals surface area contributed by atoms with Crippen LogP contribution in [0, 0.1) is 0 Å². The van der Waals surface area contributed by atoms with E-state index in [-0.39, 0.29) is 6.61 Å². The van der Waals surface area contributed by atoms with Crippen LogP contribution in [0.3, 0.4) is 0 Å². The number of hydrogen-bond acceptors (Lipinski definition) is 3. The molecule has 2 N–H and O–H groups in total. The first kappa shape index (κ1) is 14.4. The van der Waals surface area contributed by atoms with Gasteiger partial charge in [0.1, 0.15) is 12.4 Å². The smallest absolute Gasteiger partial charge is 0.407 e. The molecule has 0 saturated carbocycles. The number of aromatic nitrogens is 2. The number of aromatic amines is 1. The molecule has 1 aromatic heterocycles. The van der Waals surface area contributed by atoms with Crippen molar-refractivity contribution in [1.82, 2.24) is 15.3 Å². The van der Waals surface area contributed by atoms with Gasteiger partial charge in [0.15, 0.2) is 0 Å². The molecule has 1 amide bonds. The summed E-state index contributed by atoms with van der Waals surface area (Å²) in [5, 5.41) is 2.67. The molecule has 0 aliphatic rings. The lowest BCUT2D eigenvalue weighted by atomic mass is 10.2. The number of alkyl halides is 1. The minimum Gasteiger partial charge on any atom is -0.445 e. The Bertz CT molecular complexity index is 542. The summed E-state index contributed by atoms with van der Waals surface area (Å²) in [7, 11) is 0. The Morgan fingerprint density at radius 1 is 1.35 bits per heavy atom. The molecule has 0 saturated heterocycles. The summed E-state index contributed by atoms with van der Waals surface area (Å²) in [6.45, 7) is 0.729. The van der Waals surface area contributed by atoms with Crippen LogP contribution >= 0.6 is 11.6 Å². The highest BCUT2D eigenvalue weighted by Crippen LogP contribution is 2.02. The molecule has 20 heavy (non-hydrogen) atoms. The van der Waals surface area contributed by atoms with E-state index < -0.39 is 6.09 Å². The van der Waals surface area contributed by atoms with Crippen LogP contribution < -0.4 is 5.32 Å². The normalized spacial score (nSPS) is 10.2. The maximum absolute atomic E-state index is 11.5. The van der Waals surface area contributed by atoms with Crippen molar-refractivity contribution in [3.63, 3.8) is 0 Å². The average Bonchev–Trinajstić information content (AvgIpc) is 2.94. The second-order valence-electron chi connectivity index (χ2n) is 4.23. The maximum atomic E-state index is 11.5. The minimum atomic E-state index is -0.432. The molecule has 2 rings (SSSR count). The van der Waals surface area contributed by atoms with E-state index >= 15 is 0 Å². The SMILES string of the molecule is O=C(NCCc1ncc(CCl)[nH]1)OCc1ccccc1. The molecule has 0 radical (unpaired) electrons. The van der Waals surface area contributed by atoms with Gasteiger partial charge in [0.2, 0.25) is 0 Å². The Kier molecular flexibility index (Phi) is 5.43. The summed E-state index contributed by atoms with van der Waals surface area (Å²) in [6.07, 6.45) is 1.87. The lowest BCUT2D eigenvalue weighted by Gasteiger charge is -2.06. The Morgan fingerprint density at radius 3 is 2.85 bits per heavy atom. The molecule has 2 aromatic rings. The fourth-order valence-electron chi connectivity index (χ4n) is 1.66. The number of benzene rings is 1. The first-order chi connectivity index (χ1) is 9.78. The van der Waals surface area contributed by atoms with E-state index in [4.69, 9.17) is 16.3 Å². The number of rotatable bonds is 6. The fourth-order valence-corrected chi connectivity index (χ4v) is 1.79. The summed E-state index contributed by atoms with van der Waals surface area (Å²) >= 11 is 5.66. The number of alkyl carbamates (subject to hydrolysis) is 1. The number of imidazole rings is 1. The van der Waals surface area contributed by atoms with Crippen LogP contribution in [0.2, 0.25) is 0 Å². The van der Waals surface area contributed by atoms with E-state index in [1.54, 1.807) is 6.20 Å². The van der Waals surface area contributed by atoms with Gasteiger partial charge in [0, 0.05) is 24.9 Å². The van der Waals surface area contributed by atoms with E-state index in [0.29, 0.717) is 18.8 Å². The molecule has 0 unspecified atom stereocenters. The summed E-state index contributed by atoms with van der Waals surface area (Å²) in [5.74, 6) is 1.20. The Balaban J connectivity index is 1.65. The number of H-pyrrole nitrogens is 1. The Hall–Kier alpha value is -2.01. The number of halogens is 1. The van der Waals surface area contributed by atoms with Gasteiger partial charge in [0.25, 0.3) is 0 Å².